The number of halogens is 1. The topological polar surface area (TPSA) is 70.1 Å². The fraction of sp³-hybridized carbons (Fsp3) is 0.417. The van der Waals surface area contributed by atoms with Crippen LogP contribution in [0, 0.1) is 5.82 Å². The number of hydrogen-bond acceptors (Lipinski definition) is 4. The number of benzene rings is 2. The standard InChI is InChI=1S/C24H29FN2O4/c1-17-14-27(18(2)13-26(17)15-19-7-10-21(25)11-8-19)23(28)16-31-22-6-4-3-5-20(22)9-12-24(29)30/h3-8,10-11,17-18H,9,12-16H2,1-2H3,(H,29,30)/t17-,18+/m1/s1. The predicted octanol–water partition coefficient (Wildman–Crippen LogP) is 3.34. The van der Waals surface area contributed by atoms with Gasteiger partial charge in [-0.2, -0.15) is 0 Å². The number of carboxylic acid groups (broad SMARTS) is 1. The highest BCUT2D eigenvalue weighted by Gasteiger charge is 2.32. The van der Waals surface area contributed by atoms with Crippen LogP contribution in [0.15, 0.2) is 48.5 Å². The van der Waals surface area contributed by atoms with Crippen LogP contribution in [0.1, 0.15) is 31.4 Å². The summed E-state index contributed by atoms with van der Waals surface area (Å²) in [6, 6.07) is 13.9. The van der Waals surface area contributed by atoms with Gasteiger partial charge in [-0.1, -0.05) is 30.3 Å². The molecule has 3 rings (SSSR count). The Morgan fingerprint density at radius 2 is 1.77 bits per heavy atom. The second-order valence-corrected chi connectivity index (χ2v) is 8.09. The Bertz CT molecular complexity index is 903. The molecular weight excluding hydrogens is 399 g/mol. The van der Waals surface area contributed by atoms with Crippen molar-refractivity contribution < 1.29 is 23.8 Å². The summed E-state index contributed by atoms with van der Waals surface area (Å²) in [5.74, 6) is -0.654. The largest absolute Gasteiger partial charge is 0.483 e. The minimum Gasteiger partial charge on any atom is -0.483 e. The first-order valence-corrected chi connectivity index (χ1v) is 10.5. The van der Waals surface area contributed by atoms with Crippen LogP contribution in [0.5, 0.6) is 5.75 Å². The van der Waals surface area contributed by atoms with Crippen molar-refractivity contribution in [1.29, 1.82) is 0 Å². The van der Waals surface area contributed by atoms with Gasteiger partial charge in [0.15, 0.2) is 6.61 Å². The smallest absolute Gasteiger partial charge is 0.303 e. The lowest BCUT2D eigenvalue weighted by atomic mass is 10.1. The van der Waals surface area contributed by atoms with E-state index in [0.29, 0.717) is 25.3 Å². The van der Waals surface area contributed by atoms with Gasteiger partial charge in [0, 0.05) is 38.1 Å². The van der Waals surface area contributed by atoms with E-state index in [4.69, 9.17) is 9.84 Å². The molecule has 1 N–H and O–H groups in total. The minimum absolute atomic E-state index is 0.0128. The van der Waals surface area contributed by atoms with Gasteiger partial charge in [-0.3, -0.25) is 14.5 Å². The zero-order chi connectivity index (χ0) is 22.4. The molecule has 31 heavy (non-hydrogen) atoms. The van der Waals surface area contributed by atoms with Crippen LogP contribution in [-0.2, 0) is 22.6 Å². The Morgan fingerprint density at radius 3 is 2.48 bits per heavy atom. The van der Waals surface area contributed by atoms with E-state index < -0.39 is 5.97 Å². The summed E-state index contributed by atoms with van der Waals surface area (Å²) in [5.41, 5.74) is 1.82. The van der Waals surface area contributed by atoms with Gasteiger partial charge in [0.2, 0.25) is 0 Å². The molecule has 1 aliphatic heterocycles. The van der Waals surface area contributed by atoms with Gasteiger partial charge in [-0.05, 0) is 49.6 Å². The van der Waals surface area contributed by atoms with Gasteiger partial charge >= 0.3 is 5.97 Å². The summed E-state index contributed by atoms with van der Waals surface area (Å²) in [6.07, 6.45) is 0.369. The molecule has 0 saturated carbocycles. The lowest BCUT2D eigenvalue weighted by molar-refractivity contribution is -0.139. The van der Waals surface area contributed by atoms with E-state index in [-0.39, 0.29) is 36.8 Å². The van der Waals surface area contributed by atoms with Crippen LogP contribution >= 0.6 is 0 Å². The Balaban J connectivity index is 1.56. The average molecular weight is 429 g/mol. The van der Waals surface area contributed by atoms with E-state index in [0.717, 1.165) is 17.7 Å². The Labute approximate surface area is 182 Å². The molecule has 1 aliphatic rings. The highest BCUT2D eigenvalue weighted by Crippen LogP contribution is 2.22. The summed E-state index contributed by atoms with van der Waals surface area (Å²) in [5, 5.41) is 8.91. The van der Waals surface area contributed by atoms with Gasteiger partial charge in [0.1, 0.15) is 11.6 Å². The molecule has 2 atom stereocenters. The number of aryl methyl sites for hydroxylation is 1. The Morgan fingerprint density at radius 1 is 1.06 bits per heavy atom. The normalized spacial score (nSPS) is 19.3. The molecule has 1 heterocycles. The van der Waals surface area contributed by atoms with E-state index in [1.807, 2.05) is 30.0 Å². The maximum Gasteiger partial charge on any atom is 0.303 e. The van der Waals surface area contributed by atoms with E-state index >= 15 is 0 Å². The Hall–Kier alpha value is -2.93. The molecule has 0 spiro atoms. The van der Waals surface area contributed by atoms with E-state index in [1.165, 1.54) is 12.1 Å². The lowest BCUT2D eigenvalue weighted by Gasteiger charge is -2.44. The molecule has 2 aromatic carbocycles. The Kier molecular flexibility index (Phi) is 7.63. The molecule has 0 radical (unpaired) electrons. The van der Waals surface area contributed by atoms with E-state index in [9.17, 15) is 14.0 Å². The zero-order valence-electron chi connectivity index (χ0n) is 18.0. The molecule has 0 aromatic heterocycles. The maximum absolute atomic E-state index is 13.1. The highest BCUT2D eigenvalue weighted by atomic mass is 19.1. The minimum atomic E-state index is -0.868. The molecule has 2 aromatic rings. The maximum atomic E-state index is 13.1. The number of piperazine rings is 1. The number of hydrogen-bond donors (Lipinski definition) is 1. The van der Waals surface area contributed by atoms with Crippen molar-refractivity contribution in [2.45, 2.75) is 45.3 Å². The fourth-order valence-corrected chi connectivity index (χ4v) is 3.91. The number of amides is 1. The molecule has 0 unspecified atom stereocenters. The SMILES string of the molecule is C[C@@H]1CN(C(=O)COc2ccccc2CCC(=O)O)[C@@H](C)CN1Cc1ccc(F)cc1. The van der Waals surface area contributed by atoms with Crippen molar-refractivity contribution in [1.82, 2.24) is 9.80 Å². The number of carbonyl (C=O) groups is 2. The van der Waals surface area contributed by atoms with Crippen LogP contribution in [-0.4, -0.2) is 58.6 Å². The van der Waals surface area contributed by atoms with E-state index in [1.54, 1.807) is 18.2 Å². The molecule has 1 amide bonds. The summed E-state index contributed by atoms with van der Waals surface area (Å²) in [4.78, 5) is 27.8. The first-order valence-electron chi connectivity index (χ1n) is 10.5. The number of aliphatic carboxylic acids is 1. The summed E-state index contributed by atoms with van der Waals surface area (Å²) < 4.78 is 18.9. The number of ether oxygens (including phenoxy) is 1. The summed E-state index contributed by atoms with van der Waals surface area (Å²) in [6.45, 7) is 6.03. The third kappa shape index (κ3) is 6.28. The molecule has 1 saturated heterocycles. The van der Waals surface area contributed by atoms with Crippen LogP contribution in [0.3, 0.4) is 0 Å². The van der Waals surface area contributed by atoms with E-state index in [2.05, 4.69) is 11.8 Å². The molecule has 6 nitrogen and oxygen atoms in total. The van der Waals surface area contributed by atoms with Crippen molar-refractivity contribution in [2.75, 3.05) is 19.7 Å². The van der Waals surface area contributed by atoms with Crippen molar-refractivity contribution in [3.8, 4) is 5.75 Å². The fourth-order valence-electron chi connectivity index (χ4n) is 3.91. The second-order valence-electron chi connectivity index (χ2n) is 8.09. The predicted molar refractivity (Wildman–Crippen MR) is 115 cm³/mol. The van der Waals surface area contributed by atoms with Gasteiger partial charge < -0.3 is 14.7 Å². The summed E-state index contributed by atoms with van der Waals surface area (Å²) in [7, 11) is 0. The summed E-state index contributed by atoms with van der Waals surface area (Å²) >= 11 is 0. The van der Waals surface area contributed by atoms with Crippen LogP contribution < -0.4 is 4.74 Å². The highest BCUT2D eigenvalue weighted by molar-refractivity contribution is 5.78. The lowest BCUT2D eigenvalue weighted by Crippen LogP contribution is -2.58. The van der Waals surface area contributed by atoms with Crippen molar-refractivity contribution in [3.05, 3.63) is 65.5 Å². The third-order valence-corrected chi connectivity index (χ3v) is 5.67. The van der Waals surface area contributed by atoms with Crippen molar-refractivity contribution in [3.63, 3.8) is 0 Å². The van der Waals surface area contributed by atoms with Crippen molar-refractivity contribution >= 4 is 11.9 Å². The zero-order valence-corrected chi connectivity index (χ0v) is 18.0. The molecule has 1 fully saturated rings. The number of carbonyl (C=O) groups excluding carboxylic acids is 1. The molecule has 166 valence electrons. The van der Waals surface area contributed by atoms with Crippen molar-refractivity contribution in [2.24, 2.45) is 0 Å². The quantitative estimate of drug-likeness (QED) is 0.698. The first kappa shape index (κ1) is 22.7. The van der Waals surface area contributed by atoms with Crippen LogP contribution in [0.4, 0.5) is 4.39 Å². The number of nitrogens with zero attached hydrogens (tertiary/aromatic N) is 2. The molecule has 7 heteroatoms. The van der Waals surface area contributed by atoms with Crippen LogP contribution in [0.2, 0.25) is 0 Å². The second kappa shape index (κ2) is 10.4. The molecule has 0 aliphatic carbocycles. The molecular formula is C24H29FN2O4. The van der Waals surface area contributed by atoms with Gasteiger partial charge in [-0.25, -0.2) is 4.39 Å². The monoisotopic (exact) mass is 428 g/mol. The molecule has 0 bridgehead atoms. The van der Waals surface area contributed by atoms with Gasteiger partial charge in [0.05, 0.1) is 0 Å². The third-order valence-electron chi connectivity index (χ3n) is 5.67. The van der Waals surface area contributed by atoms with Crippen LogP contribution in [0.25, 0.3) is 0 Å². The number of rotatable bonds is 8. The van der Waals surface area contributed by atoms with Gasteiger partial charge in [0.25, 0.3) is 5.91 Å². The number of para-hydroxylation sites is 1. The first-order chi connectivity index (χ1) is 14.8. The number of carboxylic acids is 1. The average Bonchev–Trinajstić information content (AvgIpc) is 2.75. The van der Waals surface area contributed by atoms with Gasteiger partial charge in [-0.15, -0.1) is 0 Å².